The molecule has 0 aromatic heterocycles. The van der Waals surface area contributed by atoms with Crippen LogP contribution in [0.3, 0.4) is 0 Å². The molecule has 0 radical (unpaired) electrons. The summed E-state index contributed by atoms with van der Waals surface area (Å²) in [5.41, 5.74) is -1.23. The van der Waals surface area contributed by atoms with E-state index in [1.165, 1.54) is 0 Å². The minimum atomic E-state index is -1.12. The molecule has 0 heterocycles. The van der Waals surface area contributed by atoms with Gasteiger partial charge in [0.25, 0.3) is 5.69 Å². The number of nitro groups is 1. The van der Waals surface area contributed by atoms with Crippen LogP contribution in [0, 0.1) is 21.7 Å². The molecule has 5 nitrogen and oxygen atoms in total. The Balaban J connectivity index is 3.15. The number of nitro benzene ring substituents is 1. The Morgan fingerprint density at radius 1 is 1.50 bits per heavy atom. The summed E-state index contributed by atoms with van der Waals surface area (Å²) in [5.74, 6) is -2.95. The number of carbonyl (C=O) groups excluding carboxylic acids is 1. The molecule has 0 aliphatic heterocycles. The van der Waals surface area contributed by atoms with E-state index < -0.39 is 33.8 Å². The number of hydrogen-bond acceptors (Lipinski definition) is 4. The summed E-state index contributed by atoms with van der Waals surface area (Å²) in [5, 5.41) is 10.6. The highest BCUT2D eigenvalue weighted by Gasteiger charge is 2.18. The lowest BCUT2D eigenvalue weighted by molar-refractivity contribution is -0.385. The molecule has 0 unspecified atom stereocenters. The van der Waals surface area contributed by atoms with Gasteiger partial charge in [-0.3, -0.25) is 10.1 Å². The fraction of sp³-hybridized carbons (Fsp3) is 0.182. The van der Waals surface area contributed by atoms with Gasteiger partial charge in [0.15, 0.2) is 0 Å². The second-order valence-electron chi connectivity index (χ2n) is 3.16. The van der Waals surface area contributed by atoms with Gasteiger partial charge < -0.3 is 4.74 Å². The number of halogens is 2. The van der Waals surface area contributed by atoms with E-state index in [-0.39, 0.29) is 6.61 Å². The SMILES string of the molecule is CCOC(=O)/C=C/c1c(F)cc(F)cc1[N+](=O)[O-]. The third-order valence-corrected chi connectivity index (χ3v) is 1.94. The number of benzene rings is 1. The summed E-state index contributed by atoms with van der Waals surface area (Å²) in [4.78, 5) is 20.7. The molecule has 0 saturated heterocycles. The van der Waals surface area contributed by atoms with Crippen LogP contribution in [0.4, 0.5) is 14.5 Å². The zero-order valence-electron chi connectivity index (χ0n) is 9.35. The molecule has 7 heteroatoms. The lowest BCUT2D eigenvalue weighted by Gasteiger charge is -2.00. The van der Waals surface area contributed by atoms with E-state index in [1.807, 2.05) is 0 Å². The maximum Gasteiger partial charge on any atom is 0.330 e. The highest BCUT2D eigenvalue weighted by molar-refractivity contribution is 5.88. The molecule has 0 atom stereocenters. The second kappa shape index (κ2) is 5.85. The number of ether oxygens (including phenoxy) is 1. The van der Waals surface area contributed by atoms with Gasteiger partial charge in [0, 0.05) is 12.1 Å². The molecule has 96 valence electrons. The van der Waals surface area contributed by atoms with E-state index >= 15 is 0 Å². The average molecular weight is 257 g/mol. The average Bonchev–Trinajstić information content (AvgIpc) is 2.27. The first-order valence-corrected chi connectivity index (χ1v) is 4.94. The summed E-state index contributed by atoms with van der Waals surface area (Å²) in [6.45, 7) is 1.70. The predicted octanol–water partition coefficient (Wildman–Crippen LogP) is 2.45. The highest BCUT2D eigenvalue weighted by atomic mass is 19.1. The standard InChI is InChI=1S/C11H9F2NO4/c1-2-18-11(15)4-3-8-9(13)5-7(12)6-10(8)14(16)17/h3-6H,2H2,1H3/b4-3+. The van der Waals surface area contributed by atoms with Crippen LogP contribution in [0.5, 0.6) is 0 Å². The van der Waals surface area contributed by atoms with Gasteiger partial charge in [-0.25, -0.2) is 13.6 Å². The van der Waals surface area contributed by atoms with Crippen LogP contribution in [-0.4, -0.2) is 17.5 Å². The van der Waals surface area contributed by atoms with Crippen molar-refractivity contribution in [3.05, 3.63) is 45.5 Å². The molecule has 1 aromatic carbocycles. The molecule has 0 aliphatic rings. The van der Waals surface area contributed by atoms with Gasteiger partial charge in [0.1, 0.15) is 11.6 Å². The summed E-state index contributed by atoms with van der Waals surface area (Å²) in [6, 6.07) is 1.08. The predicted molar refractivity (Wildman–Crippen MR) is 58.7 cm³/mol. The number of hydrogen-bond donors (Lipinski definition) is 0. The number of esters is 1. The maximum atomic E-state index is 13.4. The van der Waals surface area contributed by atoms with E-state index in [9.17, 15) is 23.7 Å². The monoisotopic (exact) mass is 257 g/mol. The van der Waals surface area contributed by atoms with Crippen molar-refractivity contribution in [2.75, 3.05) is 6.61 Å². The molecule has 0 bridgehead atoms. The lowest BCUT2D eigenvalue weighted by atomic mass is 10.1. The van der Waals surface area contributed by atoms with E-state index in [1.54, 1.807) is 6.92 Å². The smallest absolute Gasteiger partial charge is 0.330 e. The van der Waals surface area contributed by atoms with E-state index in [0.717, 1.165) is 12.2 Å². The van der Waals surface area contributed by atoms with Crippen LogP contribution >= 0.6 is 0 Å². The molecule has 0 N–H and O–H groups in total. The molecule has 0 saturated carbocycles. The third kappa shape index (κ3) is 3.34. The van der Waals surface area contributed by atoms with Crippen LogP contribution in [0.15, 0.2) is 18.2 Å². The van der Waals surface area contributed by atoms with Gasteiger partial charge in [-0.05, 0) is 13.0 Å². The molecular formula is C11H9F2NO4. The van der Waals surface area contributed by atoms with Crippen LogP contribution < -0.4 is 0 Å². The van der Waals surface area contributed by atoms with Crippen molar-refractivity contribution >= 4 is 17.7 Å². The van der Waals surface area contributed by atoms with Gasteiger partial charge in [0.2, 0.25) is 0 Å². The number of nitrogens with zero attached hydrogens (tertiary/aromatic N) is 1. The fourth-order valence-corrected chi connectivity index (χ4v) is 1.23. The van der Waals surface area contributed by atoms with E-state index in [0.29, 0.717) is 12.1 Å². The first-order chi connectivity index (χ1) is 8.45. The van der Waals surface area contributed by atoms with Crippen molar-refractivity contribution in [1.82, 2.24) is 0 Å². The Labute approximate surface area is 101 Å². The van der Waals surface area contributed by atoms with Crippen molar-refractivity contribution in [2.45, 2.75) is 6.92 Å². The quantitative estimate of drug-likeness (QED) is 0.359. The Kier molecular flexibility index (Phi) is 4.47. The normalized spacial score (nSPS) is 10.6. The molecular weight excluding hydrogens is 248 g/mol. The van der Waals surface area contributed by atoms with Crippen molar-refractivity contribution in [3.8, 4) is 0 Å². The summed E-state index contributed by atoms with van der Waals surface area (Å²) in [7, 11) is 0. The van der Waals surface area contributed by atoms with Gasteiger partial charge >= 0.3 is 5.97 Å². The molecule has 0 spiro atoms. The summed E-state index contributed by atoms with van der Waals surface area (Å²) < 4.78 is 30.7. The minimum absolute atomic E-state index is 0.122. The number of rotatable bonds is 4. The maximum absolute atomic E-state index is 13.4. The third-order valence-electron chi connectivity index (χ3n) is 1.94. The van der Waals surface area contributed by atoms with Crippen molar-refractivity contribution in [1.29, 1.82) is 0 Å². The fourth-order valence-electron chi connectivity index (χ4n) is 1.23. The second-order valence-corrected chi connectivity index (χ2v) is 3.16. The van der Waals surface area contributed by atoms with Crippen molar-refractivity contribution in [2.24, 2.45) is 0 Å². The van der Waals surface area contributed by atoms with E-state index in [4.69, 9.17) is 0 Å². The van der Waals surface area contributed by atoms with Crippen LogP contribution in [0.25, 0.3) is 6.08 Å². The van der Waals surface area contributed by atoms with Crippen molar-refractivity contribution < 1.29 is 23.2 Å². The first-order valence-electron chi connectivity index (χ1n) is 4.94. The van der Waals surface area contributed by atoms with Crippen LogP contribution in [0.2, 0.25) is 0 Å². The largest absolute Gasteiger partial charge is 0.463 e. The lowest BCUT2D eigenvalue weighted by Crippen LogP contribution is -2.00. The van der Waals surface area contributed by atoms with Crippen LogP contribution in [-0.2, 0) is 9.53 Å². The Morgan fingerprint density at radius 2 is 2.17 bits per heavy atom. The Hall–Kier alpha value is -2.31. The molecule has 0 fully saturated rings. The van der Waals surface area contributed by atoms with Gasteiger partial charge in [0.05, 0.1) is 23.2 Å². The Morgan fingerprint density at radius 3 is 2.72 bits per heavy atom. The Bertz CT molecular complexity index is 514. The topological polar surface area (TPSA) is 69.4 Å². The van der Waals surface area contributed by atoms with Gasteiger partial charge in [-0.2, -0.15) is 0 Å². The van der Waals surface area contributed by atoms with Crippen LogP contribution in [0.1, 0.15) is 12.5 Å². The van der Waals surface area contributed by atoms with Gasteiger partial charge in [-0.15, -0.1) is 0 Å². The molecule has 0 aliphatic carbocycles. The minimum Gasteiger partial charge on any atom is -0.463 e. The molecule has 1 aromatic rings. The van der Waals surface area contributed by atoms with Gasteiger partial charge in [-0.1, -0.05) is 0 Å². The first kappa shape index (κ1) is 13.8. The zero-order chi connectivity index (χ0) is 13.7. The number of carbonyl (C=O) groups is 1. The molecule has 18 heavy (non-hydrogen) atoms. The van der Waals surface area contributed by atoms with Crippen molar-refractivity contribution in [3.63, 3.8) is 0 Å². The summed E-state index contributed by atoms with van der Waals surface area (Å²) >= 11 is 0. The molecule has 1 rings (SSSR count). The molecule has 0 amide bonds. The zero-order valence-corrected chi connectivity index (χ0v) is 9.35. The summed E-state index contributed by atoms with van der Waals surface area (Å²) in [6.07, 6.45) is 1.72. The van der Waals surface area contributed by atoms with E-state index in [2.05, 4.69) is 4.74 Å². The highest BCUT2D eigenvalue weighted by Crippen LogP contribution is 2.24.